The standard InChI is InChI=1S/C21H29O6PS2/c1-4-25-28(26-5-2)27-11-13-30-29-12-10-24-21(22)15-17-6-7-19-16-20(23-3)9-8-18(19)14-17/h6-9,14,16H,4-5,10-13,15H2,1-3H3. The summed E-state index contributed by atoms with van der Waals surface area (Å²) in [5.41, 5.74) is 0.942. The zero-order valence-electron chi connectivity index (χ0n) is 17.6. The van der Waals surface area contributed by atoms with Crippen molar-refractivity contribution in [2.45, 2.75) is 20.3 Å². The van der Waals surface area contributed by atoms with E-state index in [-0.39, 0.29) is 12.4 Å². The zero-order valence-corrected chi connectivity index (χ0v) is 20.2. The third-order valence-electron chi connectivity index (χ3n) is 3.81. The van der Waals surface area contributed by atoms with Crippen LogP contribution < -0.4 is 4.74 Å². The fraction of sp³-hybridized carbons (Fsp3) is 0.476. The summed E-state index contributed by atoms with van der Waals surface area (Å²) in [5.74, 6) is 2.16. The minimum absolute atomic E-state index is 0.212. The van der Waals surface area contributed by atoms with Crippen LogP contribution in [0.4, 0.5) is 0 Å². The average molecular weight is 473 g/mol. The molecule has 2 aromatic rings. The van der Waals surface area contributed by atoms with Crippen LogP contribution in [0.2, 0.25) is 0 Å². The fourth-order valence-electron chi connectivity index (χ4n) is 2.50. The Balaban J connectivity index is 1.58. The van der Waals surface area contributed by atoms with Crippen molar-refractivity contribution in [2.75, 3.05) is 45.0 Å². The zero-order chi connectivity index (χ0) is 21.6. The van der Waals surface area contributed by atoms with E-state index in [1.165, 1.54) is 0 Å². The highest BCUT2D eigenvalue weighted by molar-refractivity contribution is 8.76. The first-order chi connectivity index (χ1) is 14.7. The fourth-order valence-corrected chi connectivity index (χ4v) is 5.17. The lowest BCUT2D eigenvalue weighted by Gasteiger charge is -2.14. The van der Waals surface area contributed by atoms with Crippen LogP contribution >= 0.6 is 30.2 Å². The van der Waals surface area contributed by atoms with Crippen LogP contribution in [-0.2, 0) is 29.5 Å². The van der Waals surface area contributed by atoms with E-state index in [0.717, 1.165) is 33.6 Å². The number of methoxy groups -OCH3 is 1. The predicted octanol–water partition coefficient (Wildman–Crippen LogP) is 5.63. The molecule has 6 nitrogen and oxygen atoms in total. The molecule has 30 heavy (non-hydrogen) atoms. The number of esters is 1. The normalized spacial score (nSPS) is 11.2. The van der Waals surface area contributed by atoms with E-state index in [1.54, 1.807) is 28.7 Å². The van der Waals surface area contributed by atoms with Crippen LogP contribution in [0, 0.1) is 0 Å². The van der Waals surface area contributed by atoms with Gasteiger partial charge in [-0.25, -0.2) is 0 Å². The van der Waals surface area contributed by atoms with Crippen molar-refractivity contribution in [3.63, 3.8) is 0 Å². The van der Waals surface area contributed by atoms with Gasteiger partial charge in [-0.2, -0.15) is 0 Å². The molecule has 0 bridgehead atoms. The van der Waals surface area contributed by atoms with Crippen LogP contribution in [0.25, 0.3) is 10.8 Å². The average Bonchev–Trinajstić information content (AvgIpc) is 2.75. The molecule has 0 radical (unpaired) electrons. The Kier molecular flexibility index (Phi) is 12.5. The second-order valence-corrected chi connectivity index (χ2v) is 9.90. The van der Waals surface area contributed by atoms with Gasteiger partial charge in [0.25, 0.3) is 0 Å². The molecule has 2 aromatic carbocycles. The van der Waals surface area contributed by atoms with Gasteiger partial charge in [0, 0.05) is 11.5 Å². The largest absolute Gasteiger partial charge is 0.497 e. The highest BCUT2D eigenvalue weighted by atomic mass is 33.1. The van der Waals surface area contributed by atoms with Crippen molar-refractivity contribution in [1.29, 1.82) is 0 Å². The molecule has 0 saturated heterocycles. The van der Waals surface area contributed by atoms with Gasteiger partial charge in [-0.15, -0.1) is 0 Å². The van der Waals surface area contributed by atoms with Gasteiger partial charge < -0.3 is 23.0 Å². The van der Waals surface area contributed by atoms with Gasteiger partial charge in [-0.05, 0) is 42.3 Å². The van der Waals surface area contributed by atoms with Crippen LogP contribution in [0.1, 0.15) is 19.4 Å². The van der Waals surface area contributed by atoms with Gasteiger partial charge in [0.15, 0.2) is 0 Å². The van der Waals surface area contributed by atoms with E-state index in [0.29, 0.717) is 26.4 Å². The third-order valence-corrected chi connectivity index (χ3v) is 7.47. The molecule has 0 atom stereocenters. The number of carbonyl (C=O) groups excluding carboxylic acids is 1. The maximum Gasteiger partial charge on any atom is 0.332 e. The molecule has 0 fully saturated rings. The second-order valence-electron chi connectivity index (χ2n) is 5.98. The van der Waals surface area contributed by atoms with Crippen molar-refractivity contribution in [2.24, 2.45) is 0 Å². The molecule has 2 rings (SSSR count). The molecule has 0 N–H and O–H groups in total. The summed E-state index contributed by atoms with van der Waals surface area (Å²) in [4.78, 5) is 12.1. The molecule has 9 heteroatoms. The lowest BCUT2D eigenvalue weighted by atomic mass is 10.0. The predicted molar refractivity (Wildman–Crippen MR) is 126 cm³/mol. The monoisotopic (exact) mass is 472 g/mol. The van der Waals surface area contributed by atoms with E-state index >= 15 is 0 Å². The third kappa shape index (κ3) is 9.41. The van der Waals surface area contributed by atoms with E-state index in [4.69, 9.17) is 23.0 Å². The molecule has 166 valence electrons. The smallest absolute Gasteiger partial charge is 0.332 e. The van der Waals surface area contributed by atoms with Crippen molar-refractivity contribution in [1.82, 2.24) is 0 Å². The Labute approximate surface area is 187 Å². The second kappa shape index (κ2) is 14.9. The molecular formula is C21H29O6PS2. The van der Waals surface area contributed by atoms with Crippen LogP contribution in [0.15, 0.2) is 36.4 Å². The van der Waals surface area contributed by atoms with Gasteiger partial charge >= 0.3 is 14.6 Å². The number of rotatable bonds is 15. The Hall–Kier alpha value is -1.02. The van der Waals surface area contributed by atoms with Crippen molar-refractivity contribution in [3.05, 3.63) is 42.0 Å². The van der Waals surface area contributed by atoms with Gasteiger partial charge in [0.1, 0.15) is 12.4 Å². The molecule has 0 spiro atoms. The minimum Gasteiger partial charge on any atom is -0.497 e. The molecule has 0 aromatic heterocycles. The molecule has 0 aliphatic carbocycles. The van der Waals surface area contributed by atoms with Gasteiger partial charge in [0.05, 0.1) is 33.4 Å². The van der Waals surface area contributed by atoms with Crippen LogP contribution in [0.3, 0.4) is 0 Å². The van der Waals surface area contributed by atoms with Gasteiger partial charge in [-0.3, -0.25) is 4.79 Å². The van der Waals surface area contributed by atoms with Crippen LogP contribution in [-0.4, -0.2) is 51.0 Å². The summed E-state index contributed by atoms with van der Waals surface area (Å²) in [5, 5.41) is 2.16. The first-order valence-electron chi connectivity index (χ1n) is 9.81. The summed E-state index contributed by atoms with van der Waals surface area (Å²) >= 11 is 0. The quantitative estimate of drug-likeness (QED) is 0.143. The summed E-state index contributed by atoms with van der Waals surface area (Å²) in [7, 11) is 3.76. The van der Waals surface area contributed by atoms with Gasteiger partial charge in [0.2, 0.25) is 0 Å². The first-order valence-corrected chi connectivity index (χ1v) is 13.4. The van der Waals surface area contributed by atoms with E-state index < -0.39 is 8.60 Å². The van der Waals surface area contributed by atoms with Crippen molar-refractivity contribution < 1.29 is 27.8 Å². The number of hydrogen-bond donors (Lipinski definition) is 0. The molecular weight excluding hydrogens is 443 g/mol. The Morgan fingerprint density at radius 3 is 2.27 bits per heavy atom. The lowest BCUT2D eigenvalue weighted by Crippen LogP contribution is -2.10. The van der Waals surface area contributed by atoms with E-state index in [9.17, 15) is 4.79 Å². The number of ether oxygens (including phenoxy) is 2. The maximum absolute atomic E-state index is 12.1. The summed E-state index contributed by atoms with van der Waals surface area (Å²) in [6.07, 6.45) is 0.270. The maximum atomic E-state index is 12.1. The number of carbonyl (C=O) groups is 1. The first kappa shape index (κ1) is 25.2. The lowest BCUT2D eigenvalue weighted by molar-refractivity contribution is -0.142. The molecule has 0 aliphatic rings. The van der Waals surface area contributed by atoms with Gasteiger partial charge in [-0.1, -0.05) is 45.9 Å². The van der Waals surface area contributed by atoms with Crippen molar-refractivity contribution in [3.8, 4) is 5.75 Å². The molecule has 0 amide bonds. The number of fused-ring (bicyclic) bond motifs is 1. The number of hydrogen-bond acceptors (Lipinski definition) is 8. The van der Waals surface area contributed by atoms with E-state index in [2.05, 4.69) is 0 Å². The van der Waals surface area contributed by atoms with Crippen LogP contribution in [0.5, 0.6) is 5.75 Å². The Morgan fingerprint density at radius 1 is 0.900 bits per heavy atom. The Bertz CT molecular complexity index is 770. The highest BCUT2D eigenvalue weighted by Crippen LogP contribution is 2.39. The highest BCUT2D eigenvalue weighted by Gasteiger charge is 2.10. The minimum atomic E-state index is -1.23. The molecule has 0 heterocycles. The van der Waals surface area contributed by atoms with Crippen molar-refractivity contribution >= 4 is 46.9 Å². The Morgan fingerprint density at radius 2 is 1.57 bits per heavy atom. The molecule has 0 aliphatic heterocycles. The van der Waals surface area contributed by atoms with E-state index in [1.807, 2.05) is 50.2 Å². The molecule has 0 saturated carbocycles. The SMILES string of the molecule is CCOP(OCC)OCCSSCCOC(=O)Cc1ccc2cc(OC)ccc2c1. The molecule has 0 unspecified atom stereocenters. The number of benzene rings is 2. The topological polar surface area (TPSA) is 63.2 Å². The summed E-state index contributed by atoms with van der Waals surface area (Å²) in [6.45, 7) is 5.95. The summed E-state index contributed by atoms with van der Waals surface area (Å²) < 4.78 is 26.9. The summed E-state index contributed by atoms with van der Waals surface area (Å²) in [6, 6.07) is 11.9.